The monoisotopic (exact) mass is 350 g/mol. The lowest BCUT2D eigenvalue weighted by Gasteiger charge is -2.12. The van der Waals surface area contributed by atoms with E-state index in [9.17, 15) is 13.2 Å². The van der Waals surface area contributed by atoms with E-state index in [-0.39, 0.29) is 22.0 Å². The molecule has 0 unspecified atom stereocenters. The van der Waals surface area contributed by atoms with Gasteiger partial charge in [-0.15, -0.1) is 0 Å². The van der Waals surface area contributed by atoms with E-state index in [0.29, 0.717) is 6.42 Å². The second-order valence-corrected chi connectivity index (χ2v) is 6.56. The summed E-state index contributed by atoms with van der Waals surface area (Å²) in [6, 6.07) is 7.24. The number of hydrogen-bond donors (Lipinski definition) is 1. The Morgan fingerprint density at radius 3 is 2.62 bits per heavy atom. The van der Waals surface area contributed by atoms with Gasteiger partial charge in [-0.3, -0.25) is 4.72 Å². The summed E-state index contributed by atoms with van der Waals surface area (Å²) in [4.78, 5) is 15.6. The number of esters is 1. The highest BCUT2D eigenvalue weighted by molar-refractivity contribution is 7.92. The van der Waals surface area contributed by atoms with Gasteiger partial charge < -0.3 is 9.47 Å². The Morgan fingerprint density at radius 2 is 2.00 bits per heavy atom. The maximum absolute atomic E-state index is 12.6. The summed E-state index contributed by atoms with van der Waals surface area (Å²) in [7, 11) is -1.28. The van der Waals surface area contributed by atoms with Crippen LogP contribution in [0.5, 0.6) is 5.88 Å². The minimum atomic E-state index is -3.91. The third-order valence-electron chi connectivity index (χ3n) is 3.32. The topological polar surface area (TPSA) is 94.6 Å². The van der Waals surface area contributed by atoms with Crippen LogP contribution in [-0.2, 0) is 21.2 Å². The molecule has 0 aliphatic heterocycles. The van der Waals surface area contributed by atoms with E-state index >= 15 is 0 Å². The standard InChI is InChI=1S/C16H18N2O5S/c1-4-11-8-14(15(22-2)17-10-11)18-24(20,21)13-7-5-6-12(9-13)16(19)23-3/h5-10,18H,4H2,1-3H3. The predicted molar refractivity (Wildman–Crippen MR) is 88.8 cm³/mol. The van der Waals surface area contributed by atoms with Gasteiger partial charge in [-0.05, 0) is 36.2 Å². The van der Waals surface area contributed by atoms with E-state index in [1.807, 2.05) is 6.92 Å². The van der Waals surface area contributed by atoms with Crippen molar-refractivity contribution in [2.24, 2.45) is 0 Å². The number of aryl methyl sites for hydroxylation is 1. The molecule has 0 spiro atoms. The average Bonchev–Trinajstić information content (AvgIpc) is 2.60. The highest BCUT2D eigenvalue weighted by Gasteiger charge is 2.19. The van der Waals surface area contributed by atoms with Crippen molar-refractivity contribution in [3.05, 3.63) is 47.7 Å². The summed E-state index contributed by atoms with van der Waals surface area (Å²) in [6.07, 6.45) is 2.32. The number of pyridine rings is 1. The Hall–Kier alpha value is -2.61. The molecule has 0 atom stereocenters. The van der Waals surface area contributed by atoms with E-state index in [1.54, 1.807) is 12.3 Å². The third-order valence-corrected chi connectivity index (χ3v) is 4.68. The quantitative estimate of drug-likeness (QED) is 0.803. The van der Waals surface area contributed by atoms with Gasteiger partial charge >= 0.3 is 5.97 Å². The second-order valence-electron chi connectivity index (χ2n) is 4.88. The van der Waals surface area contributed by atoms with Gasteiger partial charge in [0.2, 0.25) is 5.88 Å². The molecule has 0 aliphatic carbocycles. The normalized spacial score (nSPS) is 11.0. The SMILES string of the molecule is CCc1cnc(OC)c(NS(=O)(=O)c2cccc(C(=O)OC)c2)c1. The molecule has 0 saturated carbocycles. The number of nitrogens with zero attached hydrogens (tertiary/aromatic N) is 1. The Morgan fingerprint density at radius 1 is 1.25 bits per heavy atom. The highest BCUT2D eigenvalue weighted by atomic mass is 32.2. The summed E-state index contributed by atoms with van der Waals surface area (Å²) in [5.41, 5.74) is 1.24. The summed E-state index contributed by atoms with van der Waals surface area (Å²) in [5.74, 6) is -0.445. The first-order chi connectivity index (χ1) is 11.4. The molecule has 0 bridgehead atoms. The number of ether oxygens (including phenoxy) is 2. The molecular weight excluding hydrogens is 332 g/mol. The summed E-state index contributed by atoms with van der Waals surface area (Å²) in [6.45, 7) is 1.93. The van der Waals surface area contributed by atoms with Gasteiger partial charge in [0.25, 0.3) is 10.0 Å². The third kappa shape index (κ3) is 3.83. The fourth-order valence-corrected chi connectivity index (χ4v) is 3.13. The van der Waals surface area contributed by atoms with Crippen molar-refractivity contribution in [3.63, 3.8) is 0 Å². The van der Waals surface area contributed by atoms with Crippen LogP contribution in [0.4, 0.5) is 5.69 Å². The van der Waals surface area contributed by atoms with Crippen LogP contribution in [0.2, 0.25) is 0 Å². The minimum absolute atomic E-state index is 0.0608. The number of hydrogen-bond acceptors (Lipinski definition) is 6. The van der Waals surface area contributed by atoms with Crippen molar-refractivity contribution in [1.82, 2.24) is 4.98 Å². The summed E-state index contributed by atoms with van der Waals surface area (Å²) in [5, 5.41) is 0. The first-order valence-electron chi connectivity index (χ1n) is 7.15. The molecule has 24 heavy (non-hydrogen) atoms. The first kappa shape index (κ1) is 17.7. The molecular formula is C16H18N2O5S. The lowest BCUT2D eigenvalue weighted by atomic mass is 10.2. The molecule has 7 nitrogen and oxygen atoms in total. The predicted octanol–water partition coefficient (Wildman–Crippen LogP) is 2.24. The number of benzene rings is 1. The number of carbonyl (C=O) groups excluding carboxylic acids is 1. The Labute approximate surface area is 140 Å². The molecule has 0 fully saturated rings. The van der Waals surface area contributed by atoms with E-state index in [4.69, 9.17) is 4.74 Å². The van der Waals surface area contributed by atoms with Crippen molar-refractivity contribution in [2.45, 2.75) is 18.2 Å². The van der Waals surface area contributed by atoms with Crippen LogP contribution in [-0.4, -0.2) is 33.6 Å². The Kier molecular flexibility index (Phi) is 5.40. The Balaban J connectivity index is 2.40. The van der Waals surface area contributed by atoms with Gasteiger partial charge in [0, 0.05) is 6.20 Å². The number of anilines is 1. The largest absolute Gasteiger partial charge is 0.480 e. The fraction of sp³-hybridized carbons (Fsp3) is 0.250. The molecule has 2 aromatic rings. The van der Waals surface area contributed by atoms with Crippen molar-refractivity contribution in [2.75, 3.05) is 18.9 Å². The smallest absolute Gasteiger partial charge is 0.337 e. The maximum Gasteiger partial charge on any atom is 0.337 e. The molecule has 1 aromatic carbocycles. The summed E-state index contributed by atoms with van der Waals surface area (Å²) >= 11 is 0. The average molecular weight is 350 g/mol. The van der Waals surface area contributed by atoms with E-state index in [2.05, 4.69) is 14.4 Å². The van der Waals surface area contributed by atoms with Gasteiger partial charge in [-0.25, -0.2) is 18.2 Å². The number of nitrogens with one attached hydrogen (secondary N) is 1. The number of rotatable bonds is 6. The van der Waals surface area contributed by atoms with Gasteiger partial charge in [0.1, 0.15) is 5.69 Å². The van der Waals surface area contributed by atoms with Crippen molar-refractivity contribution in [3.8, 4) is 5.88 Å². The maximum atomic E-state index is 12.6. The van der Waals surface area contributed by atoms with Crippen LogP contribution in [0.15, 0.2) is 41.4 Å². The van der Waals surface area contributed by atoms with Crippen molar-refractivity contribution in [1.29, 1.82) is 0 Å². The van der Waals surface area contributed by atoms with Gasteiger partial charge in [0.15, 0.2) is 0 Å². The molecule has 1 N–H and O–H groups in total. The molecule has 1 heterocycles. The summed E-state index contributed by atoms with van der Waals surface area (Å²) < 4.78 is 37.3. The molecule has 2 rings (SSSR count). The molecule has 0 saturated heterocycles. The van der Waals surface area contributed by atoms with E-state index in [0.717, 1.165) is 5.56 Å². The lowest BCUT2D eigenvalue weighted by molar-refractivity contribution is 0.0600. The Bertz CT molecular complexity index is 849. The zero-order valence-electron chi connectivity index (χ0n) is 13.6. The van der Waals surface area contributed by atoms with Crippen LogP contribution >= 0.6 is 0 Å². The number of sulfonamides is 1. The second kappa shape index (κ2) is 7.31. The molecule has 0 amide bonds. The van der Waals surface area contributed by atoms with Crippen molar-refractivity contribution < 1.29 is 22.7 Å². The molecule has 0 radical (unpaired) electrons. The number of aromatic nitrogens is 1. The lowest BCUT2D eigenvalue weighted by Crippen LogP contribution is -2.15. The first-order valence-corrected chi connectivity index (χ1v) is 8.63. The van der Waals surface area contributed by atoms with E-state index in [1.165, 1.54) is 38.5 Å². The zero-order chi connectivity index (χ0) is 17.7. The number of carbonyl (C=O) groups is 1. The van der Waals surface area contributed by atoms with Crippen LogP contribution in [0.3, 0.4) is 0 Å². The van der Waals surface area contributed by atoms with Gasteiger partial charge in [-0.2, -0.15) is 0 Å². The molecule has 0 aliphatic rings. The zero-order valence-corrected chi connectivity index (χ0v) is 14.4. The van der Waals surface area contributed by atoms with Gasteiger partial charge in [0.05, 0.1) is 24.7 Å². The van der Waals surface area contributed by atoms with Crippen LogP contribution < -0.4 is 9.46 Å². The molecule has 8 heteroatoms. The number of methoxy groups -OCH3 is 2. The van der Waals surface area contributed by atoms with Crippen molar-refractivity contribution >= 4 is 21.7 Å². The van der Waals surface area contributed by atoms with Crippen LogP contribution in [0.25, 0.3) is 0 Å². The highest BCUT2D eigenvalue weighted by Crippen LogP contribution is 2.26. The molecule has 1 aromatic heterocycles. The fourth-order valence-electron chi connectivity index (χ4n) is 2.04. The van der Waals surface area contributed by atoms with E-state index < -0.39 is 16.0 Å². The van der Waals surface area contributed by atoms with Crippen LogP contribution in [0, 0.1) is 0 Å². The van der Waals surface area contributed by atoms with Crippen LogP contribution in [0.1, 0.15) is 22.8 Å². The minimum Gasteiger partial charge on any atom is -0.480 e. The molecule has 128 valence electrons. The van der Waals surface area contributed by atoms with Gasteiger partial charge in [-0.1, -0.05) is 13.0 Å².